The van der Waals surface area contributed by atoms with Gasteiger partial charge in [0.05, 0.1) is 0 Å². The Balaban J connectivity index is 1.83. The Hall–Kier alpha value is -0.570. The SMILES string of the molecule is CC1CNCCC1NC(=O)C1CC1(C)C. The fourth-order valence-corrected chi connectivity index (χ4v) is 2.43. The second-order valence-electron chi connectivity index (χ2n) is 5.83. The maximum Gasteiger partial charge on any atom is 0.223 e. The fraction of sp³-hybridized carbons (Fsp3) is 0.917. The van der Waals surface area contributed by atoms with Crippen LogP contribution >= 0.6 is 0 Å². The molecule has 3 atom stereocenters. The van der Waals surface area contributed by atoms with Gasteiger partial charge in [0.25, 0.3) is 0 Å². The molecule has 0 aromatic carbocycles. The largest absolute Gasteiger partial charge is 0.353 e. The number of piperidine rings is 1. The molecule has 0 aromatic rings. The first-order valence-electron chi connectivity index (χ1n) is 6.02. The second-order valence-corrected chi connectivity index (χ2v) is 5.83. The molecule has 0 radical (unpaired) electrons. The average molecular weight is 210 g/mol. The molecule has 2 fully saturated rings. The smallest absolute Gasteiger partial charge is 0.223 e. The lowest BCUT2D eigenvalue weighted by atomic mass is 9.95. The van der Waals surface area contributed by atoms with Gasteiger partial charge in [0, 0.05) is 12.0 Å². The van der Waals surface area contributed by atoms with Crippen molar-refractivity contribution in [3.05, 3.63) is 0 Å². The molecule has 3 nitrogen and oxygen atoms in total. The van der Waals surface area contributed by atoms with Crippen LogP contribution in [0.15, 0.2) is 0 Å². The van der Waals surface area contributed by atoms with Crippen LogP contribution < -0.4 is 10.6 Å². The molecule has 3 unspecified atom stereocenters. The molecule has 1 aliphatic heterocycles. The van der Waals surface area contributed by atoms with Crippen molar-refractivity contribution in [3.8, 4) is 0 Å². The third-order valence-corrected chi connectivity index (χ3v) is 3.94. The number of hydrogen-bond donors (Lipinski definition) is 2. The van der Waals surface area contributed by atoms with E-state index in [1.165, 1.54) is 0 Å². The van der Waals surface area contributed by atoms with E-state index in [1.54, 1.807) is 0 Å². The summed E-state index contributed by atoms with van der Waals surface area (Å²) in [7, 11) is 0. The summed E-state index contributed by atoms with van der Waals surface area (Å²) < 4.78 is 0. The molecular weight excluding hydrogens is 188 g/mol. The van der Waals surface area contributed by atoms with Gasteiger partial charge in [0.2, 0.25) is 5.91 Å². The molecule has 0 bridgehead atoms. The highest BCUT2D eigenvalue weighted by Gasteiger charge is 2.50. The predicted octanol–water partition coefficient (Wildman–Crippen LogP) is 1.15. The molecule has 1 saturated heterocycles. The maximum atomic E-state index is 11.9. The first kappa shape index (κ1) is 10.9. The van der Waals surface area contributed by atoms with Gasteiger partial charge in [-0.25, -0.2) is 0 Å². The average Bonchev–Trinajstić information content (AvgIpc) is 2.79. The van der Waals surface area contributed by atoms with Crippen molar-refractivity contribution in [2.24, 2.45) is 17.3 Å². The van der Waals surface area contributed by atoms with E-state index in [0.29, 0.717) is 12.0 Å². The van der Waals surface area contributed by atoms with Crippen molar-refractivity contribution < 1.29 is 4.79 Å². The Morgan fingerprint density at radius 3 is 2.67 bits per heavy atom. The molecule has 0 spiro atoms. The lowest BCUT2D eigenvalue weighted by molar-refractivity contribution is -0.124. The third kappa shape index (κ3) is 2.33. The van der Waals surface area contributed by atoms with Crippen molar-refractivity contribution in [3.63, 3.8) is 0 Å². The lowest BCUT2D eigenvalue weighted by Gasteiger charge is -2.30. The van der Waals surface area contributed by atoms with E-state index in [-0.39, 0.29) is 17.2 Å². The monoisotopic (exact) mass is 210 g/mol. The van der Waals surface area contributed by atoms with Crippen LogP contribution in [0, 0.1) is 17.3 Å². The minimum atomic E-state index is 0.250. The van der Waals surface area contributed by atoms with Crippen LogP contribution in [0.5, 0.6) is 0 Å². The van der Waals surface area contributed by atoms with Gasteiger partial charge in [-0.15, -0.1) is 0 Å². The van der Waals surface area contributed by atoms with Gasteiger partial charge >= 0.3 is 0 Å². The Kier molecular flexibility index (Phi) is 2.75. The fourth-order valence-electron chi connectivity index (χ4n) is 2.43. The number of carbonyl (C=O) groups is 1. The first-order valence-corrected chi connectivity index (χ1v) is 6.02. The number of nitrogens with one attached hydrogen (secondary N) is 2. The zero-order valence-electron chi connectivity index (χ0n) is 9.97. The summed E-state index contributed by atoms with van der Waals surface area (Å²) >= 11 is 0. The standard InChI is InChI=1S/C12H22N2O/c1-8-7-13-5-4-10(8)14-11(15)9-6-12(9,2)3/h8-10,13H,4-7H2,1-3H3,(H,14,15). The lowest BCUT2D eigenvalue weighted by Crippen LogP contribution is -2.49. The van der Waals surface area contributed by atoms with Crippen molar-refractivity contribution in [2.75, 3.05) is 13.1 Å². The Bertz CT molecular complexity index is 262. The van der Waals surface area contributed by atoms with Crippen LogP contribution in [0.25, 0.3) is 0 Å². The molecule has 1 aliphatic carbocycles. The van der Waals surface area contributed by atoms with Gasteiger partial charge in [-0.1, -0.05) is 20.8 Å². The van der Waals surface area contributed by atoms with E-state index >= 15 is 0 Å². The van der Waals surface area contributed by atoms with Gasteiger partial charge in [0.15, 0.2) is 0 Å². The Labute approximate surface area is 92.0 Å². The first-order chi connectivity index (χ1) is 7.00. The maximum absolute atomic E-state index is 11.9. The quantitative estimate of drug-likeness (QED) is 0.718. The van der Waals surface area contributed by atoms with Crippen LogP contribution in [0.2, 0.25) is 0 Å². The van der Waals surface area contributed by atoms with Gasteiger partial charge in [-0.05, 0) is 37.3 Å². The summed E-state index contributed by atoms with van der Waals surface area (Å²) in [6.07, 6.45) is 2.12. The highest BCUT2D eigenvalue weighted by Crippen LogP contribution is 2.51. The minimum Gasteiger partial charge on any atom is -0.353 e. The van der Waals surface area contributed by atoms with Crippen LogP contribution in [-0.4, -0.2) is 25.0 Å². The highest BCUT2D eigenvalue weighted by atomic mass is 16.2. The zero-order valence-corrected chi connectivity index (χ0v) is 9.97. The predicted molar refractivity (Wildman–Crippen MR) is 60.5 cm³/mol. The van der Waals surface area contributed by atoms with Crippen molar-refractivity contribution in [2.45, 2.75) is 39.7 Å². The molecule has 1 amide bonds. The summed E-state index contributed by atoms with van der Waals surface area (Å²) in [5, 5.41) is 6.55. The van der Waals surface area contributed by atoms with Gasteiger partial charge in [-0.2, -0.15) is 0 Å². The number of carbonyl (C=O) groups excluding carboxylic acids is 1. The Morgan fingerprint density at radius 1 is 1.47 bits per heavy atom. The molecule has 1 heterocycles. The molecule has 15 heavy (non-hydrogen) atoms. The summed E-state index contributed by atoms with van der Waals surface area (Å²) in [4.78, 5) is 11.9. The van der Waals surface area contributed by atoms with E-state index in [1.807, 2.05) is 0 Å². The summed E-state index contributed by atoms with van der Waals surface area (Å²) in [5.74, 6) is 1.10. The molecule has 86 valence electrons. The van der Waals surface area contributed by atoms with Crippen molar-refractivity contribution in [1.29, 1.82) is 0 Å². The second kappa shape index (κ2) is 3.78. The zero-order chi connectivity index (χ0) is 11.1. The van der Waals surface area contributed by atoms with E-state index in [2.05, 4.69) is 31.4 Å². The molecular formula is C12H22N2O. The molecule has 0 aromatic heterocycles. The van der Waals surface area contributed by atoms with E-state index in [4.69, 9.17) is 0 Å². The summed E-state index contributed by atoms with van der Waals surface area (Å²) in [6.45, 7) is 8.60. The van der Waals surface area contributed by atoms with E-state index in [0.717, 1.165) is 25.9 Å². The van der Waals surface area contributed by atoms with Crippen LogP contribution in [0.3, 0.4) is 0 Å². The van der Waals surface area contributed by atoms with Gasteiger partial charge < -0.3 is 10.6 Å². The van der Waals surface area contributed by atoms with Gasteiger partial charge in [-0.3, -0.25) is 4.79 Å². The van der Waals surface area contributed by atoms with Crippen LogP contribution in [0.4, 0.5) is 0 Å². The molecule has 3 heteroatoms. The molecule has 2 N–H and O–H groups in total. The van der Waals surface area contributed by atoms with E-state index in [9.17, 15) is 4.79 Å². The van der Waals surface area contributed by atoms with Gasteiger partial charge in [0.1, 0.15) is 0 Å². The molecule has 2 rings (SSSR count). The normalized spacial score (nSPS) is 38.5. The van der Waals surface area contributed by atoms with Crippen molar-refractivity contribution in [1.82, 2.24) is 10.6 Å². The Morgan fingerprint density at radius 2 is 2.13 bits per heavy atom. The number of rotatable bonds is 2. The minimum absolute atomic E-state index is 0.250. The number of hydrogen-bond acceptors (Lipinski definition) is 2. The number of amides is 1. The van der Waals surface area contributed by atoms with Crippen molar-refractivity contribution >= 4 is 5.91 Å². The topological polar surface area (TPSA) is 41.1 Å². The van der Waals surface area contributed by atoms with Crippen LogP contribution in [0.1, 0.15) is 33.6 Å². The highest BCUT2D eigenvalue weighted by molar-refractivity contribution is 5.82. The van der Waals surface area contributed by atoms with E-state index < -0.39 is 0 Å². The molecule has 2 aliphatic rings. The summed E-state index contributed by atoms with van der Waals surface area (Å²) in [5.41, 5.74) is 0.250. The van der Waals surface area contributed by atoms with Crippen LogP contribution in [-0.2, 0) is 4.79 Å². The summed E-state index contributed by atoms with van der Waals surface area (Å²) in [6, 6.07) is 0.384. The molecule has 1 saturated carbocycles. The third-order valence-electron chi connectivity index (χ3n) is 3.94.